The maximum absolute atomic E-state index is 12.5. The molecule has 2 N–H and O–H groups in total. The monoisotopic (exact) mass is 469 g/mol. The number of non-ortho nitro benzene ring substituents is 1. The van der Waals surface area contributed by atoms with E-state index < -0.39 is 31.2 Å². The van der Waals surface area contributed by atoms with E-state index in [-0.39, 0.29) is 10.6 Å². The van der Waals surface area contributed by atoms with Gasteiger partial charge in [-0.15, -0.1) is 0 Å². The smallest absolute Gasteiger partial charge is 0.280 e. The molecular formula is C21H19N5O6S. The van der Waals surface area contributed by atoms with Gasteiger partial charge in [0.05, 0.1) is 26.5 Å². The Labute approximate surface area is 189 Å². The van der Waals surface area contributed by atoms with Gasteiger partial charge in [0.2, 0.25) is 0 Å². The largest absolute Gasteiger partial charge is 0.301 e. The summed E-state index contributed by atoms with van der Waals surface area (Å²) in [4.78, 5) is 20.7. The third kappa shape index (κ3) is 5.68. The van der Waals surface area contributed by atoms with Crippen molar-refractivity contribution in [1.82, 2.24) is 0 Å². The minimum atomic E-state index is -3.74. The van der Waals surface area contributed by atoms with Gasteiger partial charge in [-0.05, 0) is 49.7 Å². The summed E-state index contributed by atoms with van der Waals surface area (Å²) >= 11 is 0. The van der Waals surface area contributed by atoms with Gasteiger partial charge >= 0.3 is 5.69 Å². The minimum Gasteiger partial charge on any atom is -0.280 e. The van der Waals surface area contributed by atoms with Gasteiger partial charge in [0.25, 0.3) is 15.7 Å². The number of hydrogen-bond donors (Lipinski definition) is 2. The Hall–Kier alpha value is -4.32. The maximum Gasteiger partial charge on any atom is 0.301 e. The van der Waals surface area contributed by atoms with Gasteiger partial charge in [-0.3, -0.25) is 30.4 Å². The van der Waals surface area contributed by atoms with Crippen LogP contribution in [0.15, 0.2) is 76.7 Å². The molecule has 0 aromatic heterocycles. The minimum absolute atomic E-state index is 0.00701. The topological polar surface area (TPSA) is 157 Å². The molecule has 11 nitrogen and oxygen atoms in total. The van der Waals surface area contributed by atoms with Gasteiger partial charge in [-0.25, -0.2) is 8.42 Å². The molecule has 0 aliphatic rings. The van der Waals surface area contributed by atoms with Crippen LogP contribution in [0.25, 0.3) is 0 Å². The first-order valence-corrected chi connectivity index (χ1v) is 11.0. The van der Waals surface area contributed by atoms with Crippen molar-refractivity contribution < 1.29 is 18.3 Å². The Morgan fingerprint density at radius 3 is 2.12 bits per heavy atom. The Morgan fingerprint density at radius 1 is 0.909 bits per heavy atom. The van der Waals surface area contributed by atoms with Crippen LogP contribution < -0.4 is 10.1 Å². The quantitative estimate of drug-likeness (QED) is 0.280. The molecule has 12 heteroatoms. The van der Waals surface area contributed by atoms with E-state index >= 15 is 0 Å². The van der Waals surface area contributed by atoms with Gasteiger partial charge in [0, 0.05) is 11.8 Å². The number of sulfonamides is 1. The van der Waals surface area contributed by atoms with Gasteiger partial charge in [-0.2, -0.15) is 5.10 Å². The lowest BCUT2D eigenvalue weighted by Crippen LogP contribution is -2.13. The average Bonchev–Trinajstić information content (AvgIpc) is 2.77. The Morgan fingerprint density at radius 2 is 1.55 bits per heavy atom. The zero-order chi connectivity index (χ0) is 24.2. The Balaban J connectivity index is 1.75. The van der Waals surface area contributed by atoms with E-state index in [1.807, 2.05) is 6.92 Å². The number of nitro groups is 2. The first-order valence-electron chi connectivity index (χ1n) is 9.50. The molecular weight excluding hydrogens is 450 g/mol. The molecule has 33 heavy (non-hydrogen) atoms. The molecule has 0 amide bonds. The summed E-state index contributed by atoms with van der Waals surface area (Å²) in [7, 11) is -3.74. The van der Waals surface area contributed by atoms with Gasteiger partial charge < -0.3 is 0 Å². The van der Waals surface area contributed by atoms with Crippen molar-refractivity contribution in [2.45, 2.75) is 18.7 Å². The lowest BCUT2D eigenvalue weighted by Gasteiger charge is -2.09. The molecule has 0 saturated heterocycles. The summed E-state index contributed by atoms with van der Waals surface area (Å²) in [6, 6.07) is 16.0. The second-order valence-corrected chi connectivity index (χ2v) is 8.70. The molecule has 0 fully saturated rings. The number of benzene rings is 3. The van der Waals surface area contributed by atoms with Crippen LogP contribution in [0.2, 0.25) is 0 Å². The molecule has 3 rings (SSSR count). The van der Waals surface area contributed by atoms with E-state index in [2.05, 4.69) is 15.2 Å². The molecule has 0 bridgehead atoms. The lowest BCUT2D eigenvalue weighted by molar-refractivity contribution is -0.393. The number of aryl methyl sites for hydroxylation is 1. The fraction of sp³-hybridized carbons (Fsp3) is 0.0952. The van der Waals surface area contributed by atoms with E-state index in [0.717, 1.165) is 17.7 Å². The zero-order valence-electron chi connectivity index (χ0n) is 17.6. The fourth-order valence-electron chi connectivity index (χ4n) is 2.80. The van der Waals surface area contributed by atoms with Gasteiger partial charge in [0.15, 0.2) is 0 Å². The number of nitrogens with one attached hydrogen (secondary N) is 2. The molecule has 0 atom stereocenters. The van der Waals surface area contributed by atoms with Crippen molar-refractivity contribution in [3.8, 4) is 0 Å². The first kappa shape index (κ1) is 23.3. The summed E-state index contributed by atoms with van der Waals surface area (Å²) in [5.41, 5.74) is 4.03. The van der Waals surface area contributed by atoms with E-state index in [1.54, 1.807) is 43.3 Å². The zero-order valence-corrected chi connectivity index (χ0v) is 18.4. The van der Waals surface area contributed by atoms with Gasteiger partial charge in [-0.1, -0.05) is 29.8 Å². The molecule has 0 aliphatic carbocycles. The molecule has 3 aromatic carbocycles. The molecule has 0 unspecified atom stereocenters. The van der Waals surface area contributed by atoms with Crippen LogP contribution in [0.3, 0.4) is 0 Å². The molecule has 0 spiro atoms. The number of nitro benzene ring substituents is 2. The second-order valence-electron chi connectivity index (χ2n) is 7.02. The SMILES string of the molecule is C/C(=N/Nc1ccc([N+](=O)[O-])cc1[N+](=O)[O-])c1ccc(NS(=O)(=O)c2ccc(C)cc2)cc1. The highest BCUT2D eigenvalue weighted by molar-refractivity contribution is 7.92. The number of nitrogens with zero attached hydrogens (tertiary/aromatic N) is 3. The summed E-state index contributed by atoms with van der Waals surface area (Å²) in [5, 5.41) is 26.2. The van der Waals surface area contributed by atoms with Crippen LogP contribution >= 0.6 is 0 Å². The summed E-state index contributed by atoms with van der Waals surface area (Å²) < 4.78 is 27.5. The second kappa shape index (κ2) is 9.44. The number of hydrazone groups is 1. The van der Waals surface area contributed by atoms with Crippen molar-refractivity contribution in [2.75, 3.05) is 10.1 Å². The van der Waals surface area contributed by atoms with Crippen LogP contribution in [-0.4, -0.2) is 24.0 Å². The van der Waals surface area contributed by atoms with Crippen molar-refractivity contribution in [3.05, 3.63) is 98.1 Å². The molecule has 0 aliphatic heterocycles. The summed E-state index contributed by atoms with van der Waals surface area (Å²) in [5.74, 6) is 0. The normalized spacial score (nSPS) is 11.6. The summed E-state index contributed by atoms with van der Waals surface area (Å²) in [6.07, 6.45) is 0. The van der Waals surface area contributed by atoms with Crippen molar-refractivity contribution >= 4 is 38.5 Å². The van der Waals surface area contributed by atoms with E-state index in [9.17, 15) is 28.6 Å². The van der Waals surface area contributed by atoms with Crippen LogP contribution in [0.5, 0.6) is 0 Å². The van der Waals surface area contributed by atoms with Crippen LogP contribution in [-0.2, 0) is 10.0 Å². The average molecular weight is 469 g/mol. The third-order valence-electron chi connectivity index (χ3n) is 4.62. The van der Waals surface area contributed by atoms with E-state index in [1.165, 1.54) is 18.2 Å². The molecule has 0 radical (unpaired) electrons. The van der Waals surface area contributed by atoms with E-state index in [0.29, 0.717) is 17.0 Å². The van der Waals surface area contributed by atoms with Gasteiger partial charge in [0.1, 0.15) is 5.69 Å². The first-order chi connectivity index (χ1) is 15.6. The fourth-order valence-corrected chi connectivity index (χ4v) is 3.86. The standard InChI is InChI=1S/C21H19N5O6S/c1-14-3-10-19(11-4-14)33(31,32)24-17-7-5-16(6-8-17)15(2)22-23-20-12-9-18(25(27)28)13-21(20)26(29)30/h3-13,23-24H,1-2H3/b22-15-. The predicted octanol–water partition coefficient (Wildman–Crippen LogP) is 4.45. The number of anilines is 2. The van der Waals surface area contributed by atoms with Crippen molar-refractivity contribution in [3.63, 3.8) is 0 Å². The predicted molar refractivity (Wildman–Crippen MR) is 124 cm³/mol. The number of hydrogen-bond acceptors (Lipinski definition) is 8. The number of rotatable bonds is 8. The molecule has 0 heterocycles. The Kier molecular flexibility index (Phi) is 6.68. The molecule has 0 saturated carbocycles. The molecule has 170 valence electrons. The molecule has 3 aromatic rings. The summed E-state index contributed by atoms with van der Waals surface area (Å²) in [6.45, 7) is 3.51. The maximum atomic E-state index is 12.5. The van der Waals surface area contributed by atoms with Crippen molar-refractivity contribution in [2.24, 2.45) is 5.10 Å². The highest BCUT2D eigenvalue weighted by atomic mass is 32.2. The van der Waals surface area contributed by atoms with Crippen LogP contribution in [0.4, 0.5) is 22.7 Å². The van der Waals surface area contributed by atoms with Crippen LogP contribution in [0, 0.1) is 27.2 Å². The lowest BCUT2D eigenvalue weighted by atomic mass is 10.1. The highest BCUT2D eigenvalue weighted by Crippen LogP contribution is 2.29. The van der Waals surface area contributed by atoms with E-state index in [4.69, 9.17) is 0 Å². The Bertz CT molecular complexity index is 1340. The van der Waals surface area contributed by atoms with Crippen molar-refractivity contribution in [1.29, 1.82) is 0 Å². The third-order valence-corrected chi connectivity index (χ3v) is 6.02. The highest BCUT2D eigenvalue weighted by Gasteiger charge is 2.19. The van der Waals surface area contributed by atoms with Crippen LogP contribution in [0.1, 0.15) is 18.1 Å².